The van der Waals surface area contributed by atoms with Gasteiger partial charge in [-0.05, 0) is 38.8 Å². The van der Waals surface area contributed by atoms with Crippen molar-refractivity contribution in [3.05, 3.63) is 24.3 Å². The molecule has 0 unspecified atom stereocenters. The summed E-state index contributed by atoms with van der Waals surface area (Å²) < 4.78 is 29.6. The Kier molecular flexibility index (Phi) is 5.58. The quantitative estimate of drug-likeness (QED) is 0.724. The minimum absolute atomic E-state index is 0.0783. The van der Waals surface area contributed by atoms with Gasteiger partial charge in [0, 0.05) is 0 Å². The van der Waals surface area contributed by atoms with Crippen LogP contribution in [0.4, 0.5) is 0 Å². The lowest BCUT2D eigenvalue weighted by Crippen LogP contribution is -2.11. The average molecular weight is 295 g/mol. The van der Waals surface area contributed by atoms with Crippen molar-refractivity contribution in [2.45, 2.75) is 38.0 Å². The predicted octanol–water partition coefficient (Wildman–Crippen LogP) is 3.19. The van der Waals surface area contributed by atoms with Crippen LogP contribution in [0.25, 0.3) is 0 Å². The largest absolute Gasteiger partial charge is 0.495 e. The first kappa shape index (κ1) is 16.5. The number of nitriles is 1. The van der Waals surface area contributed by atoms with Crippen molar-refractivity contribution in [1.29, 1.82) is 5.26 Å². The van der Waals surface area contributed by atoms with E-state index in [4.69, 9.17) is 10.00 Å². The second-order valence-corrected chi connectivity index (χ2v) is 7.50. The lowest BCUT2D eigenvalue weighted by atomic mass is 9.89. The van der Waals surface area contributed by atoms with Crippen molar-refractivity contribution in [3.63, 3.8) is 0 Å². The maximum absolute atomic E-state index is 12.3. The van der Waals surface area contributed by atoms with E-state index in [0.717, 1.165) is 6.42 Å². The molecule has 0 spiro atoms. The molecule has 0 saturated heterocycles. The fraction of sp³-hybridized carbons (Fsp3) is 0.533. The Morgan fingerprint density at radius 3 is 2.50 bits per heavy atom. The van der Waals surface area contributed by atoms with Crippen LogP contribution in [0.1, 0.15) is 33.1 Å². The van der Waals surface area contributed by atoms with Gasteiger partial charge >= 0.3 is 0 Å². The number of benzene rings is 1. The number of hydrogen-bond acceptors (Lipinski definition) is 4. The fourth-order valence-corrected chi connectivity index (χ4v) is 3.45. The zero-order chi connectivity index (χ0) is 15.2. The van der Waals surface area contributed by atoms with Crippen LogP contribution in [-0.4, -0.2) is 21.3 Å². The molecule has 0 aliphatic heterocycles. The first-order valence-corrected chi connectivity index (χ1v) is 8.25. The highest BCUT2D eigenvalue weighted by Gasteiger charge is 2.20. The molecular formula is C15H21NO3S. The van der Waals surface area contributed by atoms with Gasteiger partial charge in [-0.25, -0.2) is 8.42 Å². The molecule has 0 aromatic heterocycles. The smallest absolute Gasteiger partial charge is 0.182 e. The van der Waals surface area contributed by atoms with Crippen LogP contribution in [0.15, 0.2) is 29.2 Å². The van der Waals surface area contributed by atoms with E-state index in [-0.39, 0.29) is 10.6 Å². The van der Waals surface area contributed by atoms with E-state index in [9.17, 15) is 8.42 Å². The van der Waals surface area contributed by atoms with Crippen LogP contribution < -0.4 is 4.74 Å². The molecule has 0 N–H and O–H groups in total. The standard InChI is InChI=1S/C15H21NO3S/c1-15(2,12-16)10-6-7-11-20(17,18)14-9-5-4-8-13(14)19-3/h4-5,8-9H,6-7,10-11H2,1-3H3. The summed E-state index contributed by atoms with van der Waals surface area (Å²) in [5.74, 6) is 0.458. The Balaban J connectivity index is 2.66. The van der Waals surface area contributed by atoms with Crippen molar-refractivity contribution >= 4 is 9.84 Å². The molecule has 1 aromatic carbocycles. The monoisotopic (exact) mass is 295 g/mol. The Bertz CT molecular complexity index is 585. The molecule has 0 radical (unpaired) electrons. The van der Waals surface area contributed by atoms with Gasteiger partial charge in [0.15, 0.2) is 9.84 Å². The topological polar surface area (TPSA) is 67.2 Å². The zero-order valence-electron chi connectivity index (χ0n) is 12.2. The molecule has 1 aromatic rings. The van der Waals surface area contributed by atoms with Gasteiger partial charge in [0.2, 0.25) is 0 Å². The van der Waals surface area contributed by atoms with Crippen LogP contribution in [0.3, 0.4) is 0 Å². The van der Waals surface area contributed by atoms with Crippen LogP contribution in [0.2, 0.25) is 0 Å². The SMILES string of the molecule is COc1ccccc1S(=O)(=O)CCCCC(C)(C)C#N. The second-order valence-electron chi connectivity index (χ2n) is 5.42. The van der Waals surface area contributed by atoms with E-state index < -0.39 is 15.3 Å². The molecule has 0 fully saturated rings. The van der Waals surface area contributed by atoms with E-state index in [0.29, 0.717) is 18.6 Å². The van der Waals surface area contributed by atoms with E-state index in [2.05, 4.69) is 6.07 Å². The Labute approximate surface area is 121 Å². The molecule has 20 heavy (non-hydrogen) atoms. The first-order chi connectivity index (χ1) is 9.32. The summed E-state index contributed by atoms with van der Waals surface area (Å²) in [7, 11) is -1.87. The molecule has 1 rings (SSSR count). The number of hydrogen-bond donors (Lipinski definition) is 0. The average Bonchev–Trinajstić information content (AvgIpc) is 2.43. The Morgan fingerprint density at radius 2 is 1.90 bits per heavy atom. The lowest BCUT2D eigenvalue weighted by Gasteiger charge is -2.14. The number of unbranched alkanes of at least 4 members (excludes halogenated alkanes) is 1. The van der Waals surface area contributed by atoms with Gasteiger partial charge in [-0.1, -0.05) is 18.6 Å². The molecule has 110 valence electrons. The predicted molar refractivity (Wildman–Crippen MR) is 78.3 cm³/mol. The highest BCUT2D eigenvalue weighted by molar-refractivity contribution is 7.91. The third-order valence-corrected chi connectivity index (χ3v) is 5.01. The third kappa shape index (κ3) is 4.53. The van der Waals surface area contributed by atoms with E-state index in [1.165, 1.54) is 7.11 Å². The summed E-state index contributed by atoms with van der Waals surface area (Å²) >= 11 is 0. The van der Waals surface area contributed by atoms with E-state index in [1.54, 1.807) is 24.3 Å². The van der Waals surface area contributed by atoms with Crippen LogP contribution in [0.5, 0.6) is 5.75 Å². The maximum Gasteiger partial charge on any atom is 0.182 e. The number of para-hydroxylation sites is 1. The molecule has 0 aliphatic carbocycles. The van der Waals surface area contributed by atoms with Crippen molar-refractivity contribution in [1.82, 2.24) is 0 Å². The molecule has 5 heteroatoms. The van der Waals surface area contributed by atoms with Gasteiger partial charge in [-0.15, -0.1) is 0 Å². The second kappa shape index (κ2) is 6.76. The maximum atomic E-state index is 12.3. The minimum Gasteiger partial charge on any atom is -0.495 e. The molecule has 0 amide bonds. The highest BCUT2D eigenvalue weighted by atomic mass is 32.2. The highest BCUT2D eigenvalue weighted by Crippen LogP contribution is 2.26. The van der Waals surface area contributed by atoms with Crippen LogP contribution in [-0.2, 0) is 9.84 Å². The van der Waals surface area contributed by atoms with Crippen molar-refractivity contribution in [2.75, 3.05) is 12.9 Å². The normalized spacial score (nSPS) is 11.9. The Hall–Kier alpha value is -1.54. The lowest BCUT2D eigenvalue weighted by molar-refractivity contribution is 0.402. The summed E-state index contributed by atoms with van der Waals surface area (Å²) in [6, 6.07) is 8.86. The number of sulfone groups is 1. The van der Waals surface area contributed by atoms with Gasteiger partial charge in [0.05, 0.1) is 24.3 Å². The van der Waals surface area contributed by atoms with Gasteiger partial charge in [-0.3, -0.25) is 0 Å². The molecular weight excluding hydrogens is 274 g/mol. The van der Waals surface area contributed by atoms with Crippen LogP contribution in [0, 0.1) is 16.7 Å². The van der Waals surface area contributed by atoms with Crippen molar-refractivity contribution in [2.24, 2.45) is 5.41 Å². The number of rotatable bonds is 7. The molecule has 0 saturated carbocycles. The number of nitrogens with zero attached hydrogens (tertiary/aromatic N) is 1. The summed E-state index contributed by atoms with van der Waals surface area (Å²) in [4.78, 5) is 0.238. The molecule has 0 bridgehead atoms. The summed E-state index contributed by atoms with van der Waals surface area (Å²) in [5.41, 5.74) is -0.395. The first-order valence-electron chi connectivity index (χ1n) is 6.59. The molecule has 4 nitrogen and oxygen atoms in total. The van der Waals surface area contributed by atoms with Gasteiger partial charge in [0.1, 0.15) is 10.6 Å². The number of methoxy groups -OCH3 is 1. The molecule has 0 atom stereocenters. The summed E-state index contributed by atoms with van der Waals surface area (Å²) in [6.45, 7) is 3.73. The van der Waals surface area contributed by atoms with Gasteiger partial charge in [0.25, 0.3) is 0 Å². The minimum atomic E-state index is -3.34. The summed E-state index contributed by atoms with van der Waals surface area (Å²) in [6.07, 6.45) is 1.96. The van der Waals surface area contributed by atoms with Gasteiger partial charge in [-0.2, -0.15) is 5.26 Å². The van der Waals surface area contributed by atoms with E-state index >= 15 is 0 Å². The fourth-order valence-electron chi connectivity index (χ4n) is 1.90. The summed E-state index contributed by atoms with van der Waals surface area (Å²) in [5, 5.41) is 8.91. The molecule has 0 heterocycles. The number of ether oxygens (including phenoxy) is 1. The van der Waals surface area contributed by atoms with Crippen molar-refractivity contribution < 1.29 is 13.2 Å². The van der Waals surface area contributed by atoms with Crippen molar-refractivity contribution in [3.8, 4) is 11.8 Å². The molecule has 0 aliphatic rings. The van der Waals surface area contributed by atoms with Crippen LogP contribution >= 0.6 is 0 Å². The zero-order valence-corrected chi connectivity index (χ0v) is 13.0. The Morgan fingerprint density at radius 1 is 1.25 bits per heavy atom. The van der Waals surface area contributed by atoms with E-state index in [1.807, 2.05) is 13.8 Å². The van der Waals surface area contributed by atoms with Gasteiger partial charge < -0.3 is 4.74 Å². The third-order valence-electron chi connectivity index (χ3n) is 3.17.